The highest BCUT2D eigenvalue weighted by atomic mass is 19.1. The van der Waals surface area contributed by atoms with Crippen LogP contribution in [0.2, 0.25) is 0 Å². The van der Waals surface area contributed by atoms with Gasteiger partial charge in [0, 0.05) is 33.7 Å². The van der Waals surface area contributed by atoms with E-state index < -0.39 is 11.7 Å². The molecule has 3 N–H and O–H groups in total. The summed E-state index contributed by atoms with van der Waals surface area (Å²) in [7, 11) is 3.60. The van der Waals surface area contributed by atoms with Gasteiger partial charge in [-0.15, -0.1) is 0 Å². The van der Waals surface area contributed by atoms with E-state index in [0.29, 0.717) is 37.8 Å². The van der Waals surface area contributed by atoms with Crippen molar-refractivity contribution in [3.63, 3.8) is 0 Å². The summed E-state index contributed by atoms with van der Waals surface area (Å²) in [4.78, 5) is 17.8. The smallest absolute Gasteiger partial charge is 0.407 e. The number of alkyl carbamates (subject to hydrolysis) is 1. The lowest BCUT2D eigenvalue weighted by molar-refractivity contribution is 0.0529. The number of hydrogen-bond acceptors (Lipinski definition) is 4. The van der Waals surface area contributed by atoms with Gasteiger partial charge in [0.2, 0.25) is 0 Å². The zero-order valence-electron chi connectivity index (χ0n) is 17.1. The standard InChI is InChI=1S/C19H32FN5O2/c1-7-21-17(22-10-11-23-18(26)27-19(2,3)4)24-13-14-8-9-16(25(5)6)15(20)12-14/h8-9,12H,7,10-11,13H2,1-6H3,(H,23,26)(H2,21,22,24). The van der Waals surface area contributed by atoms with Crippen LogP contribution in [0.1, 0.15) is 33.3 Å². The molecule has 0 radical (unpaired) electrons. The molecule has 0 aliphatic rings. The number of carbonyl (C=O) groups is 1. The maximum Gasteiger partial charge on any atom is 0.407 e. The minimum atomic E-state index is -0.523. The number of nitrogens with one attached hydrogen (secondary N) is 3. The zero-order chi connectivity index (χ0) is 20.4. The molecule has 0 aliphatic carbocycles. The van der Waals surface area contributed by atoms with Gasteiger partial charge < -0.3 is 25.6 Å². The third-order valence-electron chi connectivity index (χ3n) is 3.34. The second-order valence-electron chi connectivity index (χ2n) is 7.23. The topological polar surface area (TPSA) is 78.0 Å². The van der Waals surface area contributed by atoms with Gasteiger partial charge in [0.15, 0.2) is 5.96 Å². The Bertz CT molecular complexity index is 641. The highest BCUT2D eigenvalue weighted by molar-refractivity contribution is 5.79. The van der Waals surface area contributed by atoms with Gasteiger partial charge >= 0.3 is 6.09 Å². The second kappa shape index (κ2) is 10.6. The summed E-state index contributed by atoms with van der Waals surface area (Å²) in [6.07, 6.45) is -0.456. The van der Waals surface area contributed by atoms with E-state index in [1.54, 1.807) is 25.1 Å². The maximum absolute atomic E-state index is 14.0. The molecule has 0 atom stereocenters. The maximum atomic E-state index is 14.0. The molecule has 0 aliphatic heterocycles. The molecule has 0 spiro atoms. The number of carbonyl (C=O) groups excluding carboxylic acids is 1. The molecule has 0 bridgehead atoms. The Morgan fingerprint density at radius 3 is 2.41 bits per heavy atom. The van der Waals surface area contributed by atoms with E-state index in [2.05, 4.69) is 20.9 Å². The average molecular weight is 381 g/mol. The van der Waals surface area contributed by atoms with Crippen molar-refractivity contribution in [2.45, 2.75) is 39.8 Å². The molecular weight excluding hydrogens is 349 g/mol. The molecule has 1 aromatic rings. The van der Waals surface area contributed by atoms with Gasteiger partial charge in [-0.1, -0.05) is 6.07 Å². The van der Waals surface area contributed by atoms with Crippen molar-refractivity contribution < 1.29 is 13.9 Å². The fourth-order valence-electron chi connectivity index (χ4n) is 2.18. The third kappa shape index (κ3) is 9.12. The van der Waals surface area contributed by atoms with E-state index in [9.17, 15) is 9.18 Å². The summed E-state index contributed by atoms with van der Waals surface area (Å²) in [5.41, 5.74) is 0.800. The van der Waals surface area contributed by atoms with Crippen LogP contribution in [-0.4, -0.2) is 51.4 Å². The minimum Gasteiger partial charge on any atom is -0.444 e. The predicted octanol–water partition coefficient (Wildman–Crippen LogP) is 2.47. The first-order chi connectivity index (χ1) is 12.6. The van der Waals surface area contributed by atoms with E-state index in [1.165, 1.54) is 6.07 Å². The van der Waals surface area contributed by atoms with E-state index >= 15 is 0 Å². The first-order valence-electron chi connectivity index (χ1n) is 9.07. The van der Waals surface area contributed by atoms with Gasteiger partial charge in [0.05, 0.1) is 12.2 Å². The number of hydrogen-bond donors (Lipinski definition) is 3. The van der Waals surface area contributed by atoms with Gasteiger partial charge in [0.1, 0.15) is 11.4 Å². The van der Waals surface area contributed by atoms with Gasteiger partial charge in [-0.25, -0.2) is 14.2 Å². The Kier molecular flexibility index (Phi) is 8.84. The molecule has 1 rings (SSSR count). The highest BCUT2D eigenvalue weighted by Crippen LogP contribution is 2.18. The largest absolute Gasteiger partial charge is 0.444 e. The Balaban J connectivity index is 2.53. The SMILES string of the molecule is CCNC(=NCc1ccc(N(C)C)c(F)c1)NCCNC(=O)OC(C)(C)C. The van der Waals surface area contributed by atoms with Gasteiger partial charge in [-0.05, 0) is 45.4 Å². The molecule has 8 heteroatoms. The lowest BCUT2D eigenvalue weighted by Gasteiger charge is -2.20. The van der Waals surface area contributed by atoms with E-state index in [4.69, 9.17) is 4.74 Å². The first-order valence-corrected chi connectivity index (χ1v) is 9.07. The van der Waals surface area contributed by atoms with Crippen LogP contribution in [0.15, 0.2) is 23.2 Å². The van der Waals surface area contributed by atoms with Crippen LogP contribution in [0.25, 0.3) is 0 Å². The first kappa shape index (κ1) is 22.5. The monoisotopic (exact) mass is 381 g/mol. The van der Waals surface area contributed by atoms with E-state index in [1.807, 2.05) is 33.8 Å². The number of ether oxygens (including phenoxy) is 1. The molecule has 0 fully saturated rings. The highest BCUT2D eigenvalue weighted by Gasteiger charge is 2.15. The molecule has 0 heterocycles. The molecule has 0 saturated carbocycles. The fraction of sp³-hybridized carbons (Fsp3) is 0.579. The van der Waals surface area contributed by atoms with Crippen LogP contribution in [-0.2, 0) is 11.3 Å². The summed E-state index contributed by atoms with van der Waals surface area (Å²) in [6, 6.07) is 5.09. The van der Waals surface area contributed by atoms with Crippen molar-refractivity contribution in [2.75, 3.05) is 38.6 Å². The van der Waals surface area contributed by atoms with Crippen LogP contribution >= 0.6 is 0 Å². The number of nitrogens with zero attached hydrogens (tertiary/aromatic N) is 2. The molecule has 152 valence electrons. The molecule has 0 aromatic heterocycles. The Labute approximate surface area is 161 Å². The third-order valence-corrected chi connectivity index (χ3v) is 3.34. The number of benzene rings is 1. The molecule has 7 nitrogen and oxygen atoms in total. The second-order valence-corrected chi connectivity index (χ2v) is 7.23. The normalized spacial score (nSPS) is 11.7. The van der Waals surface area contributed by atoms with Crippen LogP contribution in [0.3, 0.4) is 0 Å². The van der Waals surface area contributed by atoms with Crippen LogP contribution < -0.4 is 20.9 Å². The van der Waals surface area contributed by atoms with Gasteiger partial charge in [0.25, 0.3) is 0 Å². The van der Waals surface area contributed by atoms with Gasteiger partial charge in [-0.2, -0.15) is 0 Å². The summed E-state index contributed by atoms with van der Waals surface area (Å²) in [5, 5.41) is 8.91. The summed E-state index contributed by atoms with van der Waals surface area (Å²) < 4.78 is 19.2. The molecule has 0 unspecified atom stereocenters. The zero-order valence-corrected chi connectivity index (χ0v) is 17.1. The summed E-state index contributed by atoms with van der Waals surface area (Å²) in [6.45, 7) is 9.32. The number of aliphatic imine (C=N–C) groups is 1. The number of anilines is 1. The van der Waals surface area contributed by atoms with Crippen molar-refractivity contribution in [1.29, 1.82) is 0 Å². The van der Waals surface area contributed by atoms with Crippen LogP contribution in [0.4, 0.5) is 14.9 Å². The number of halogens is 1. The Morgan fingerprint density at radius 2 is 1.85 bits per heavy atom. The molecule has 27 heavy (non-hydrogen) atoms. The lowest BCUT2D eigenvalue weighted by atomic mass is 10.2. The Morgan fingerprint density at radius 1 is 1.19 bits per heavy atom. The number of amides is 1. The molecule has 1 aromatic carbocycles. The van der Waals surface area contributed by atoms with Crippen molar-refractivity contribution in [3.8, 4) is 0 Å². The summed E-state index contributed by atoms with van der Waals surface area (Å²) >= 11 is 0. The predicted molar refractivity (Wildman–Crippen MR) is 108 cm³/mol. The van der Waals surface area contributed by atoms with Crippen molar-refractivity contribution in [1.82, 2.24) is 16.0 Å². The number of rotatable bonds is 7. The fourth-order valence-corrected chi connectivity index (χ4v) is 2.18. The van der Waals surface area contributed by atoms with Gasteiger partial charge in [-0.3, -0.25) is 0 Å². The van der Waals surface area contributed by atoms with Crippen molar-refractivity contribution in [3.05, 3.63) is 29.6 Å². The van der Waals surface area contributed by atoms with E-state index in [0.717, 1.165) is 5.56 Å². The van der Waals surface area contributed by atoms with Crippen molar-refractivity contribution >= 4 is 17.7 Å². The molecule has 0 saturated heterocycles. The van der Waals surface area contributed by atoms with Crippen LogP contribution in [0, 0.1) is 5.82 Å². The Hall–Kier alpha value is -2.51. The van der Waals surface area contributed by atoms with E-state index in [-0.39, 0.29) is 5.82 Å². The molecule has 1 amide bonds. The number of guanidine groups is 1. The quantitative estimate of drug-likeness (QED) is 0.384. The average Bonchev–Trinajstić information content (AvgIpc) is 2.54. The molecular formula is C19H32FN5O2. The lowest BCUT2D eigenvalue weighted by Crippen LogP contribution is -2.42. The summed E-state index contributed by atoms with van der Waals surface area (Å²) in [5.74, 6) is 0.327. The van der Waals surface area contributed by atoms with Crippen LogP contribution in [0.5, 0.6) is 0 Å². The minimum absolute atomic E-state index is 0.271. The van der Waals surface area contributed by atoms with Crippen molar-refractivity contribution in [2.24, 2.45) is 4.99 Å².